The maximum absolute atomic E-state index is 12.7. The predicted molar refractivity (Wildman–Crippen MR) is 92.4 cm³/mol. The lowest BCUT2D eigenvalue weighted by Crippen LogP contribution is -2.38. The van der Waals surface area contributed by atoms with Gasteiger partial charge in [-0.25, -0.2) is 4.68 Å². The molecule has 0 atom stereocenters. The van der Waals surface area contributed by atoms with Gasteiger partial charge in [0.1, 0.15) is 5.69 Å². The van der Waals surface area contributed by atoms with Crippen LogP contribution in [0.1, 0.15) is 46.2 Å². The zero-order chi connectivity index (χ0) is 18.0. The summed E-state index contributed by atoms with van der Waals surface area (Å²) >= 11 is 0. The quantitative estimate of drug-likeness (QED) is 0.889. The molecule has 0 bridgehead atoms. The van der Waals surface area contributed by atoms with E-state index in [0.29, 0.717) is 36.1 Å². The van der Waals surface area contributed by atoms with Gasteiger partial charge in [-0.1, -0.05) is 18.2 Å². The predicted octanol–water partition coefficient (Wildman–Crippen LogP) is 1.71. The first-order chi connectivity index (χ1) is 12.0. The summed E-state index contributed by atoms with van der Waals surface area (Å²) in [6, 6.07) is 9.83. The molecule has 0 radical (unpaired) electrons. The number of Topliss-reactive ketones (excluding diaryl/α,β-unsaturated/α-hetero) is 1. The Kier molecular flexibility index (Phi) is 4.47. The number of anilines is 1. The lowest BCUT2D eigenvalue weighted by molar-refractivity contribution is -0.115. The number of pyridine rings is 1. The van der Waals surface area contributed by atoms with Crippen LogP contribution in [0.2, 0.25) is 0 Å². The monoisotopic (exact) mass is 339 g/mol. The van der Waals surface area contributed by atoms with Gasteiger partial charge in [-0.05, 0) is 31.0 Å². The van der Waals surface area contributed by atoms with Crippen molar-refractivity contribution in [2.45, 2.75) is 26.2 Å². The van der Waals surface area contributed by atoms with E-state index in [-0.39, 0.29) is 11.5 Å². The van der Waals surface area contributed by atoms with E-state index in [1.807, 2.05) is 0 Å². The molecule has 0 aliphatic heterocycles. The second-order valence-electron chi connectivity index (χ2n) is 5.82. The molecule has 1 aromatic carbocycles. The van der Waals surface area contributed by atoms with E-state index >= 15 is 0 Å². The summed E-state index contributed by atoms with van der Waals surface area (Å²) in [6.07, 6.45) is 1.49. The van der Waals surface area contributed by atoms with Crippen molar-refractivity contribution in [1.29, 1.82) is 0 Å². The van der Waals surface area contributed by atoms with E-state index in [4.69, 9.17) is 0 Å². The Morgan fingerprint density at radius 1 is 1.08 bits per heavy atom. The Balaban J connectivity index is 2.06. The summed E-state index contributed by atoms with van der Waals surface area (Å²) in [5.74, 6) is -1.01. The molecule has 0 saturated heterocycles. The molecule has 1 aliphatic carbocycles. The number of hydrogen-bond donors (Lipinski definition) is 2. The molecule has 25 heavy (non-hydrogen) atoms. The molecule has 2 aromatic rings. The van der Waals surface area contributed by atoms with Gasteiger partial charge >= 0.3 is 0 Å². The molecule has 0 fully saturated rings. The number of fused-ring (bicyclic) bond motifs is 1. The van der Waals surface area contributed by atoms with Gasteiger partial charge in [0.2, 0.25) is 5.91 Å². The lowest BCUT2D eigenvalue weighted by atomic mass is 9.94. The van der Waals surface area contributed by atoms with E-state index in [0.717, 1.165) is 4.68 Å². The van der Waals surface area contributed by atoms with Crippen molar-refractivity contribution in [3.05, 3.63) is 63.6 Å². The Morgan fingerprint density at radius 2 is 1.80 bits per heavy atom. The molecule has 7 heteroatoms. The summed E-state index contributed by atoms with van der Waals surface area (Å²) < 4.78 is 1.06. The Hall–Kier alpha value is -3.22. The van der Waals surface area contributed by atoms with Crippen molar-refractivity contribution >= 4 is 23.3 Å². The minimum absolute atomic E-state index is 0.0448. The molecule has 7 nitrogen and oxygen atoms in total. The Bertz CT molecular complexity index is 916. The summed E-state index contributed by atoms with van der Waals surface area (Å²) in [4.78, 5) is 48.6. The summed E-state index contributed by atoms with van der Waals surface area (Å²) in [5, 5.41) is 2.54. The van der Waals surface area contributed by atoms with Crippen molar-refractivity contribution in [2.24, 2.45) is 0 Å². The van der Waals surface area contributed by atoms with Crippen molar-refractivity contribution < 1.29 is 14.4 Å². The molecule has 0 spiro atoms. The third kappa shape index (κ3) is 3.35. The van der Waals surface area contributed by atoms with Crippen LogP contribution in [-0.2, 0) is 11.2 Å². The third-order valence-electron chi connectivity index (χ3n) is 3.97. The number of benzene rings is 1. The van der Waals surface area contributed by atoms with Gasteiger partial charge in [0.05, 0.1) is 5.69 Å². The van der Waals surface area contributed by atoms with Crippen molar-refractivity contribution in [1.82, 2.24) is 4.68 Å². The number of aromatic nitrogens is 1. The maximum Gasteiger partial charge on any atom is 0.293 e. The van der Waals surface area contributed by atoms with Gasteiger partial charge in [-0.3, -0.25) is 24.6 Å². The molecule has 0 unspecified atom stereocenters. The molecule has 2 amide bonds. The fourth-order valence-corrected chi connectivity index (χ4v) is 2.84. The van der Waals surface area contributed by atoms with Crippen molar-refractivity contribution in [3.8, 4) is 0 Å². The second-order valence-corrected chi connectivity index (χ2v) is 5.82. The molecule has 128 valence electrons. The molecular weight excluding hydrogens is 322 g/mol. The first-order valence-electron chi connectivity index (χ1n) is 7.93. The minimum atomic E-state index is -0.576. The zero-order valence-electron chi connectivity index (χ0n) is 13.7. The van der Waals surface area contributed by atoms with E-state index < -0.39 is 17.4 Å². The number of rotatable bonds is 3. The van der Waals surface area contributed by atoms with Crippen LogP contribution < -0.4 is 16.3 Å². The van der Waals surface area contributed by atoms with Crippen LogP contribution in [0.15, 0.2) is 41.2 Å². The van der Waals surface area contributed by atoms with Crippen LogP contribution in [0.5, 0.6) is 0 Å². The Labute approximate surface area is 143 Å². The van der Waals surface area contributed by atoms with Gasteiger partial charge in [0, 0.05) is 24.5 Å². The number of carbonyl (C=O) groups excluding carboxylic acids is 3. The van der Waals surface area contributed by atoms with Gasteiger partial charge < -0.3 is 5.32 Å². The van der Waals surface area contributed by atoms with E-state index in [1.165, 1.54) is 13.0 Å². The fraction of sp³-hybridized carbons (Fsp3) is 0.222. The van der Waals surface area contributed by atoms with E-state index in [2.05, 4.69) is 10.7 Å². The first-order valence-corrected chi connectivity index (χ1v) is 7.93. The van der Waals surface area contributed by atoms with Gasteiger partial charge in [-0.15, -0.1) is 0 Å². The summed E-state index contributed by atoms with van der Waals surface area (Å²) in [6.45, 7) is 1.28. The summed E-state index contributed by atoms with van der Waals surface area (Å²) in [7, 11) is 0. The average molecular weight is 339 g/mol. The first kappa shape index (κ1) is 16.6. The van der Waals surface area contributed by atoms with Crippen LogP contribution in [-0.4, -0.2) is 22.3 Å². The highest BCUT2D eigenvalue weighted by Crippen LogP contribution is 2.22. The Morgan fingerprint density at radius 3 is 2.48 bits per heavy atom. The summed E-state index contributed by atoms with van der Waals surface area (Å²) in [5.41, 5.74) is 3.02. The molecule has 1 aromatic heterocycles. The number of amides is 2. The van der Waals surface area contributed by atoms with Crippen LogP contribution in [0.3, 0.4) is 0 Å². The van der Waals surface area contributed by atoms with Crippen LogP contribution >= 0.6 is 0 Å². The number of ketones is 1. The standard InChI is InChI=1S/C18H17N3O4/c1-11(22)20-21-15-8-5-9-16(23)13(15)10-14(18(21)25)19-17(24)12-6-3-2-4-7-12/h2-4,6-7,10H,5,8-9H2,1H3,(H,19,24)(H,20,22). The maximum atomic E-state index is 12.7. The number of hydrogen-bond acceptors (Lipinski definition) is 4. The van der Waals surface area contributed by atoms with Gasteiger partial charge in [0.15, 0.2) is 5.78 Å². The van der Waals surface area contributed by atoms with Crippen LogP contribution in [0.25, 0.3) is 0 Å². The molecular formula is C18H17N3O4. The highest BCUT2D eigenvalue weighted by Gasteiger charge is 2.24. The number of nitrogens with zero attached hydrogens (tertiary/aromatic N) is 1. The number of carbonyl (C=O) groups is 3. The van der Waals surface area contributed by atoms with Gasteiger partial charge in [-0.2, -0.15) is 0 Å². The second kappa shape index (κ2) is 6.72. The zero-order valence-corrected chi connectivity index (χ0v) is 13.7. The highest BCUT2D eigenvalue weighted by atomic mass is 16.2. The highest BCUT2D eigenvalue weighted by molar-refractivity contribution is 6.05. The minimum Gasteiger partial charge on any atom is -0.317 e. The van der Waals surface area contributed by atoms with Gasteiger partial charge in [0.25, 0.3) is 11.5 Å². The third-order valence-corrected chi connectivity index (χ3v) is 3.97. The SMILES string of the molecule is CC(=O)Nn1c2c(cc(NC(=O)c3ccccc3)c1=O)C(=O)CCC2. The molecule has 1 heterocycles. The van der Waals surface area contributed by atoms with Crippen molar-refractivity contribution in [2.75, 3.05) is 10.7 Å². The smallest absolute Gasteiger partial charge is 0.293 e. The van der Waals surface area contributed by atoms with E-state index in [9.17, 15) is 19.2 Å². The normalized spacial score (nSPS) is 13.1. The fourth-order valence-electron chi connectivity index (χ4n) is 2.84. The average Bonchev–Trinajstić information content (AvgIpc) is 2.60. The molecule has 1 aliphatic rings. The van der Waals surface area contributed by atoms with Crippen molar-refractivity contribution in [3.63, 3.8) is 0 Å². The molecule has 3 rings (SSSR count). The van der Waals surface area contributed by atoms with E-state index in [1.54, 1.807) is 30.3 Å². The number of nitrogens with one attached hydrogen (secondary N) is 2. The van der Waals surface area contributed by atoms with Crippen LogP contribution in [0, 0.1) is 0 Å². The molecule has 0 saturated carbocycles. The topological polar surface area (TPSA) is 97.3 Å². The molecule has 2 N–H and O–H groups in total. The van der Waals surface area contributed by atoms with Crippen LogP contribution in [0.4, 0.5) is 5.69 Å². The largest absolute Gasteiger partial charge is 0.317 e. The lowest BCUT2D eigenvalue weighted by Gasteiger charge is -2.21.